The van der Waals surface area contributed by atoms with Crippen LogP contribution in [-0.2, 0) is 0 Å². The average Bonchev–Trinajstić information content (AvgIpc) is 3.15. The first-order valence-electron chi connectivity index (χ1n) is 6.81. The Morgan fingerprint density at radius 3 is 3.00 bits per heavy atom. The third kappa shape index (κ3) is 2.94. The van der Waals surface area contributed by atoms with Gasteiger partial charge in [0.2, 0.25) is 0 Å². The van der Waals surface area contributed by atoms with E-state index in [0.29, 0.717) is 5.92 Å². The van der Waals surface area contributed by atoms with Crippen LogP contribution in [0, 0.1) is 18.4 Å². The van der Waals surface area contributed by atoms with Gasteiger partial charge in [-0.25, -0.2) is 4.98 Å². The van der Waals surface area contributed by atoms with E-state index in [-0.39, 0.29) is 0 Å². The second-order valence-corrected chi connectivity index (χ2v) is 6.04. The van der Waals surface area contributed by atoms with Gasteiger partial charge in [0.1, 0.15) is 0 Å². The van der Waals surface area contributed by atoms with E-state index in [4.69, 9.17) is 6.42 Å². The zero-order valence-corrected chi connectivity index (χ0v) is 12.1. The molecule has 0 amide bonds. The summed E-state index contributed by atoms with van der Waals surface area (Å²) in [7, 11) is 0. The van der Waals surface area contributed by atoms with Crippen molar-refractivity contribution in [2.24, 2.45) is 5.92 Å². The van der Waals surface area contributed by atoms with Crippen molar-refractivity contribution >= 4 is 16.5 Å². The Morgan fingerprint density at radius 1 is 1.40 bits per heavy atom. The molecule has 1 fully saturated rings. The predicted molar refractivity (Wildman–Crippen MR) is 84.6 cm³/mol. The predicted octanol–water partition coefficient (Wildman–Crippen LogP) is 3.13. The van der Waals surface area contributed by atoms with Crippen LogP contribution in [0.3, 0.4) is 0 Å². The van der Waals surface area contributed by atoms with Crippen LogP contribution in [0.4, 0.5) is 5.13 Å². The molecule has 0 spiro atoms. The molecular weight excluding hydrogens is 266 g/mol. The third-order valence-corrected chi connectivity index (χ3v) is 4.58. The Labute approximate surface area is 123 Å². The SMILES string of the molecule is C#CN1CC[C@@H](CNc2ncc(-c3ccccc3)s2)C1. The molecule has 1 aromatic carbocycles. The summed E-state index contributed by atoms with van der Waals surface area (Å²) < 4.78 is 0. The van der Waals surface area contributed by atoms with Crippen LogP contribution < -0.4 is 5.32 Å². The maximum Gasteiger partial charge on any atom is 0.183 e. The Hall–Kier alpha value is -1.99. The van der Waals surface area contributed by atoms with Gasteiger partial charge >= 0.3 is 0 Å². The Bertz CT molecular complexity index is 600. The number of likely N-dealkylation sites (tertiary alicyclic amines) is 1. The highest BCUT2D eigenvalue weighted by molar-refractivity contribution is 7.18. The van der Waals surface area contributed by atoms with Gasteiger partial charge < -0.3 is 10.2 Å². The van der Waals surface area contributed by atoms with Gasteiger partial charge in [-0.3, -0.25) is 0 Å². The average molecular weight is 283 g/mol. The van der Waals surface area contributed by atoms with E-state index in [1.54, 1.807) is 11.3 Å². The van der Waals surface area contributed by atoms with Gasteiger partial charge in [0, 0.05) is 31.9 Å². The van der Waals surface area contributed by atoms with E-state index < -0.39 is 0 Å². The largest absolute Gasteiger partial charge is 0.361 e. The molecule has 0 bridgehead atoms. The molecule has 1 aliphatic rings. The van der Waals surface area contributed by atoms with Gasteiger partial charge in [-0.2, -0.15) is 0 Å². The summed E-state index contributed by atoms with van der Waals surface area (Å²) in [5.74, 6) is 0.620. The number of terminal acetylenes is 1. The molecule has 0 aliphatic carbocycles. The molecule has 4 heteroatoms. The lowest BCUT2D eigenvalue weighted by Gasteiger charge is -2.10. The molecule has 0 saturated carbocycles. The summed E-state index contributed by atoms with van der Waals surface area (Å²) in [6.07, 6.45) is 8.51. The molecular formula is C16H17N3S. The van der Waals surface area contributed by atoms with Gasteiger partial charge in [0.25, 0.3) is 0 Å². The summed E-state index contributed by atoms with van der Waals surface area (Å²) in [4.78, 5) is 7.69. The second kappa shape index (κ2) is 5.98. The number of nitrogens with one attached hydrogen (secondary N) is 1. The third-order valence-electron chi connectivity index (χ3n) is 3.57. The van der Waals surface area contributed by atoms with Gasteiger partial charge in [0.15, 0.2) is 5.13 Å². The first-order chi connectivity index (χ1) is 9.85. The zero-order chi connectivity index (χ0) is 13.8. The van der Waals surface area contributed by atoms with Crippen molar-refractivity contribution in [1.29, 1.82) is 0 Å². The van der Waals surface area contributed by atoms with Crippen molar-refractivity contribution in [3.05, 3.63) is 36.5 Å². The molecule has 0 unspecified atom stereocenters. The molecule has 3 rings (SSSR count). The number of benzene rings is 1. The number of aromatic nitrogens is 1. The van der Waals surface area contributed by atoms with Crippen molar-refractivity contribution in [2.45, 2.75) is 6.42 Å². The summed E-state index contributed by atoms with van der Waals surface area (Å²) in [6, 6.07) is 13.1. The maximum absolute atomic E-state index is 5.42. The van der Waals surface area contributed by atoms with Crippen molar-refractivity contribution in [2.75, 3.05) is 25.0 Å². The number of thiazole rings is 1. The molecule has 1 atom stereocenters. The minimum Gasteiger partial charge on any atom is -0.361 e. The summed E-state index contributed by atoms with van der Waals surface area (Å²) in [5.41, 5.74) is 1.22. The Morgan fingerprint density at radius 2 is 2.25 bits per heavy atom. The number of hydrogen-bond donors (Lipinski definition) is 1. The summed E-state index contributed by atoms with van der Waals surface area (Å²) in [5, 5.41) is 4.42. The Balaban J connectivity index is 1.57. The zero-order valence-electron chi connectivity index (χ0n) is 11.2. The number of anilines is 1. The monoisotopic (exact) mass is 283 g/mol. The number of nitrogens with zero attached hydrogens (tertiary/aromatic N) is 2. The fourth-order valence-electron chi connectivity index (χ4n) is 2.44. The topological polar surface area (TPSA) is 28.2 Å². The molecule has 0 radical (unpaired) electrons. The second-order valence-electron chi connectivity index (χ2n) is 5.01. The van der Waals surface area contributed by atoms with Gasteiger partial charge in [-0.1, -0.05) is 48.1 Å². The molecule has 1 N–H and O–H groups in total. The van der Waals surface area contributed by atoms with Crippen LogP contribution in [-0.4, -0.2) is 29.5 Å². The van der Waals surface area contributed by atoms with Gasteiger partial charge in [0.05, 0.1) is 4.88 Å². The first kappa shape index (κ1) is 13.0. The van der Waals surface area contributed by atoms with Gasteiger partial charge in [-0.15, -0.1) is 0 Å². The van der Waals surface area contributed by atoms with Crippen LogP contribution in [0.25, 0.3) is 10.4 Å². The highest BCUT2D eigenvalue weighted by atomic mass is 32.1. The fraction of sp³-hybridized carbons (Fsp3) is 0.312. The minimum atomic E-state index is 0.620. The van der Waals surface area contributed by atoms with E-state index >= 15 is 0 Å². The van der Waals surface area contributed by atoms with Crippen LogP contribution in [0.1, 0.15) is 6.42 Å². The molecule has 3 nitrogen and oxygen atoms in total. The Kier molecular flexibility index (Phi) is 3.89. The van der Waals surface area contributed by atoms with E-state index in [2.05, 4.69) is 40.6 Å². The number of rotatable bonds is 4. The fourth-order valence-corrected chi connectivity index (χ4v) is 3.27. The van der Waals surface area contributed by atoms with Crippen molar-refractivity contribution in [3.8, 4) is 22.9 Å². The van der Waals surface area contributed by atoms with Crippen molar-refractivity contribution < 1.29 is 0 Å². The van der Waals surface area contributed by atoms with E-state index in [0.717, 1.165) is 31.2 Å². The van der Waals surface area contributed by atoms with Crippen LogP contribution in [0.5, 0.6) is 0 Å². The van der Waals surface area contributed by atoms with E-state index in [1.807, 2.05) is 17.2 Å². The molecule has 2 aromatic rings. The molecule has 102 valence electrons. The molecule has 1 saturated heterocycles. The number of hydrogen-bond acceptors (Lipinski definition) is 4. The van der Waals surface area contributed by atoms with Crippen LogP contribution >= 0.6 is 11.3 Å². The van der Waals surface area contributed by atoms with Crippen molar-refractivity contribution in [3.63, 3.8) is 0 Å². The highest BCUT2D eigenvalue weighted by Crippen LogP contribution is 2.29. The van der Waals surface area contributed by atoms with Gasteiger partial charge in [-0.05, 0) is 17.9 Å². The molecule has 1 aliphatic heterocycles. The maximum atomic E-state index is 5.42. The van der Waals surface area contributed by atoms with E-state index in [9.17, 15) is 0 Å². The first-order valence-corrected chi connectivity index (χ1v) is 7.63. The van der Waals surface area contributed by atoms with Crippen LogP contribution in [0.15, 0.2) is 36.5 Å². The lowest BCUT2D eigenvalue weighted by molar-refractivity contribution is 0.469. The minimum absolute atomic E-state index is 0.620. The lowest BCUT2D eigenvalue weighted by atomic mass is 10.1. The highest BCUT2D eigenvalue weighted by Gasteiger charge is 2.20. The molecule has 20 heavy (non-hydrogen) atoms. The molecule has 1 aromatic heterocycles. The van der Waals surface area contributed by atoms with Crippen LogP contribution in [0.2, 0.25) is 0 Å². The quantitative estimate of drug-likeness (QED) is 0.874. The van der Waals surface area contributed by atoms with E-state index in [1.165, 1.54) is 10.4 Å². The smallest absolute Gasteiger partial charge is 0.183 e. The summed E-state index contributed by atoms with van der Waals surface area (Å²) >= 11 is 1.70. The summed E-state index contributed by atoms with van der Waals surface area (Å²) in [6.45, 7) is 2.94. The van der Waals surface area contributed by atoms with Crippen molar-refractivity contribution in [1.82, 2.24) is 9.88 Å². The lowest BCUT2D eigenvalue weighted by Crippen LogP contribution is -2.18. The normalized spacial score (nSPS) is 17.9. The molecule has 2 heterocycles. The standard InChI is InChI=1S/C16H17N3S/c1-2-19-9-8-13(12-19)10-17-16-18-11-15(20-16)14-6-4-3-5-7-14/h1,3-7,11,13H,8-10,12H2,(H,17,18)/t13-/m0/s1.